The number of Topliss-reactive ketones (excluding diaryl/α,β-unsaturated/α-hetero) is 1. The maximum atomic E-state index is 12.7. The molecule has 0 spiro atoms. The second-order valence-corrected chi connectivity index (χ2v) is 6.38. The van der Waals surface area contributed by atoms with Crippen LogP contribution in [0.5, 0.6) is 5.75 Å². The van der Waals surface area contributed by atoms with Crippen LogP contribution >= 0.6 is 0 Å². The van der Waals surface area contributed by atoms with Crippen LogP contribution in [-0.4, -0.2) is 22.9 Å². The van der Waals surface area contributed by atoms with Crippen molar-refractivity contribution < 1.29 is 9.53 Å². The maximum Gasteiger partial charge on any atom is 0.169 e. The van der Waals surface area contributed by atoms with Gasteiger partial charge in [0.15, 0.2) is 5.78 Å². The van der Waals surface area contributed by atoms with Crippen LogP contribution in [0.1, 0.15) is 43.5 Å². The summed E-state index contributed by atoms with van der Waals surface area (Å²) in [5.41, 5.74) is 6.88. The molecule has 2 saturated carbocycles. The van der Waals surface area contributed by atoms with Gasteiger partial charge in [0.2, 0.25) is 0 Å². The van der Waals surface area contributed by atoms with Crippen LogP contribution in [0, 0.1) is 17.8 Å². The lowest BCUT2D eigenvalue weighted by Gasteiger charge is -2.26. The number of hydrogen-bond acceptors (Lipinski definition) is 4. The van der Waals surface area contributed by atoms with E-state index < -0.39 is 0 Å². The molecule has 20 heavy (non-hydrogen) atoms. The summed E-state index contributed by atoms with van der Waals surface area (Å²) in [7, 11) is 0. The third-order valence-corrected chi connectivity index (χ3v) is 4.65. The zero-order valence-corrected chi connectivity index (χ0v) is 12.1. The van der Waals surface area contributed by atoms with Gasteiger partial charge in [-0.25, -0.2) is 0 Å². The van der Waals surface area contributed by atoms with Crippen LogP contribution in [-0.2, 0) is 0 Å². The Bertz CT molecular complexity index is 513. The molecule has 2 bridgehead atoms. The predicted octanol–water partition coefficient (Wildman–Crippen LogP) is 2.42. The average Bonchev–Trinajstić information content (AvgIpc) is 2.98. The van der Waals surface area contributed by atoms with E-state index in [0.29, 0.717) is 23.1 Å². The van der Waals surface area contributed by atoms with E-state index in [1.54, 1.807) is 18.5 Å². The summed E-state index contributed by atoms with van der Waals surface area (Å²) in [5, 5.41) is 0. The fourth-order valence-corrected chi connectivity index (χ4v) is 3.81. The molecule has 1 aromatic rings. The van der Waals surface area contributed by atoms with E-state index in [9.17, 15) is 4.79 Å². The van der Waals surface area contributed by atoms with Crippen molar-refractivity contribution in [3.05, 3.63) is 24.0 Å². The van der Waals surface area contributed by atoms with Gasteiger partial charge in [0, 0.05) is 23.7 Å². The van der Waals surface area contributed by atoms with E-state index in [0.717, 1.165) is 12.8 Å². The lowest BCUT2D eigenvalue weighted by Crippen LogP contribution is -2.40. The Hall–Kier alpha value is -1.42. The van der Waals surface area contributed by atoms with Gasteiger partial charge in [-0.05, 0) is 51.0 Å². The molecule has 0 aromatic carbocycles. The van der Waals surface area contributed by atoms with Crippen molar-refractivity contribution in [2.24, 2.45) is 23.5 Å². The molecule has 2 aliphatic carbocycles. The van der Waals surface area contributed by atoms with Crippen LogP contribution < -0.4 is 10.5 Å². The first-order valence-electron chi connectivity index (χ1n) is 7.47. The van der Waals surface area contributed by atoms with E-state index in [1.165, 1.54) is 6.42 Å². The molecule has 2 aliphatic rings. The molecule has 0 aliphatic heterocycles. The Morgan fingerprint density at radius 1 is 1.35 bits per heavy atom. The molecule has 108 valence electrons. The molecule has 4 atom stereocenters. The molecule has 2 N–H and O–H groups in total. The van der Waals surface area contributed by atoms with E-state index in [1.807, 2.05) is 13.8 Å². The van der Waals surface area contributed by atoms with Crippen LogP contribution in [0.15, 0.2) is 18.5 Å². The van der Waals surface area contributed by atoms with Crippen molar-refractivity contribution in [3.63, 3.8) is 0 Å². The lowest BCUT2D eigenvalue weighted by atomic mass is 9.80. The van der Waals surface area contributed by atoms with Gasteiger partial charge in [-0.1, -0.05) is 0 Å². The van der Waals surface area contributed by atoms with E-state index in [-0.39, 0.29) is 23.8 Å². The summed E-state index contributed by atoms with van der Waals surface area (Å²) in [6.07, 6.45) is 6.81. The zero-order valence-electron chi connectivity index (χ0n) is 12.1. The number of pyridine rings is 1. The summed E-state index contributed by atoms with van der Waals surface area (Å²) in [4.78, 5) is 16.8. The number of ether oxygens (including phenoxy) is 1. The largest absolute Gasteiger partial charge is 0.489 e. The van der Waals surface area contributed by atoms with E-state index in [2.05, 4.69) is 4.98 Å². The standard InChI is InChI=1S/C16H22N2O2/c1-9(2)20-13-6-12(7-18-8-13)16(19)14-10-3-4-11(5-10)15(14)17/h6-11,14-15H,3-5,17H2,1-2H3. The van der Waals surface area contributed by atoms with Crippen molar-refractivity contribution in [1.82, 2.24) is 4.98 Å². The molecule has 0 amide bonds. The minimum atomic E-state index is -0.0233. The fourth-order valence-electron chi connectivity index (χ4n) is 3.81. The predicted molar refractivity (Wildman–Crippen MR) is 76.6 cm³/mol. The topological polar surface area (TPSA) is 65.2 Å². The quantitative estimate of drug-likeness (QED) is 0.856. The van der Waals surface area contributed by atoms with Gasteiger partial charge in [0.25, 0.3) is 0 Å². The van der Waals surface area contributed by atoms with Gasteiger partial charge in [-0.15, -0.1) is 0 Å². The monoisotopic (exact) mass is 274 g/mol. The van der Waals surface area contributed by atoms with E-state index in [4.69, 9.17) is 10.5 Å². The van der Waals surface area contributed by atoms with Crippen molar-refractivity contribution in [1.29, 1.82) is 0 Å². The Balaban J connectivity index is 1.80. The molecule has 4 heteroatoms. The molecule has 2 fully saturated rings. The second kappa shape index (κ2) is 5.17. The normalized spacial score (nSPS) is 31.8. The van der Waals surface area contributed by atoms with Gasteiger partial charge in [-0.2, -0.15) is 0 Å². The molecule has 4 unspecified atom stereocenters. The Labute approximate surface area is 119 Å². The number of aromatic nitrogens is 1. The van der Waals surface area contributed by atoms with Crippen LogP contribution in [0.3, 0.4) is 0 Å². The highest BCUT2D eigenvalue weighted by Crippen LogP contribution is 2.48. The fraction of sp³-hybridized carbons (Fsp3) is 0.625. The highest BCUT2D eigenvalue weighted by molar-refractivity contribution is 5.98. The van der Waals surface area contributed by atoms with Gasteiger partial charge in [0.1, 0.15) is 5.75 Å². The summed E-state index contributed by atoms with van der Waals surface area (Å²) in [6.45, 7) is 3.92. The third kappa shape index (κ3) is 2.33. The molecule has 4 nitrogen and oxygen atoms in total. The van der Waals surface area contributed by atoms with Crippen molar-refractivity contribution in [2.45, 2.75) is 45.3 Å². The number of fused-ring (bicyclic) bond motifs is 2. The van der Waals surface area contributed by atoms with Gasteiger partial charge in [-0.3, -0.25) is 9.78 Å². The molecule has 1 heterocycles. The smallest absolute Gasteiger partial charge is 0.169 e. The van der Waals surface area contributed by atoms with Crippen molar-refractivity contribution >= 4 is 5.78 Å². The maximum absolute atomic E-state index is 12.7. The number of hydrogen-bond donors (Lipinski definition) is 1. The molecule has 0 radical (unpaired) electrons. The first-order valence-corrected chi connectivity index (χ1v) is 7.47. The van der Waals surface area contributed by atoms with Gasteiger partial charge in [0.05, 0.1) is 12.3 Å². The minimum absolute atomic E-state index is 0.0233. The summed E-state index contributed by atoms with van der Waals surface area (Å²) < 4.78 is 5.61. The van der Waals surface area contributed by atoms with Crippen molar-refractivity contribution in [3.8, 4) is 5.75 Å². The van der Waals surface area contributed by atoms with Crippen LogP contribution in [0.4, 0.5) is 0 Å². The van der Waals surface area contributed by atoms with Crippen LogP contribution in [0.2, 0.25) is 0 Å². The van der Waals surface area contributed by atoms with Crippen LogP contribution in [0.25, 0.3) is 0 Å². The molecular formula is C16H22N2O2. The first kappa shape index (κ1) is 13.6. The Morgan fingerprint density at radius 2 is 2.10 bits per heavy atom. The zero-order chi connectivity index (χ0) is 14.3. The van der Waals surface area contributed by atoms with Crippen molar-refractivity contribution in [2.75, 3.05) is 0 Å². The Morgan fingerprint density at radius 3 is 2.75 bits per heavy atom. The highest BCUT2D eigenvalue weighted by Gasteiger charge is 2.49. The summed E-state index contributed by atoms with van der Waals surface area (Å²) >= 11 is 0. The summed E-state index contributed by atoms with van der Waals surface area (Å²) in [6, 6.07) is 1.82. The lowest BCUT2D eigenvalue weighted by molar-refractivity contribution is 0.0855. The molecule has 3 rings (SSSR count). The Kier molecular flexibility index (Phi) is 3.50. The summed E-state index contributed by atoms with van der Waals surface area (Å²) in [5.74, 6) is 1.79. The SMILES string of the molecule is CC(C)Oc1cncc(C(=O)C2C3CCC(C3)C2N)c1. The first-order chi connectivity index (χ1) is 9.56. The van der Waals surface area contributed by atoms with Gasteiger partial charge >= 0.3 is 0 Å². The van der Waals surface area contributed by atoms with Gasteiger partial charge < -0.3 is 10.5 Å². The number of nitrogens with two attached hydrogens (primary N) is 1. The highest BCUT2D eigenvalue weighted by atomic mass is 16.5. The number of carbonyl (C=O) groups is 1. The van der Waals surface area contributed by atoms with E-state index >= 15 is 0 Å². The molecule has 0 saturated heterocycles. The average molecular weight is 274 g/mol. The third-order valence-electron chi connectivity index (χ3n) is 4.65. The molecular weight excluding hydrogens is 252 g/mol. The number of ketones is 1. The minimum Gasteiger partial charge on any atom is -0.489 e. The number of nitrogens with zero attached hydrogens (tertiary/aromatic N) is 1. The second-order valence-electron chi connectivity index (χ2n) is 6.38. The number of carbonyl (C=O) groups excluding carboxylic acids is 1. The number of rotatable bonds is 4. The molecule has 1 aromatic heterocycles.